The van der Waals surface area contributed by atoms with Crippen LogP contribution < -0.4 is 16.8 Å². The van der Waals surface area contributed by atoms with Crippen molar-refractivity contribution in [1.82, 2.24) is 5.32 Å². The van der Waals surface area contributed by atoms with E-state index >= 15 is 0 Å². The highest BCUT2D eigenvalue weighted by Crippen LogP contribution is 2.06. The third kappa shape index (κ3) is 5.38. The molecule has 0 fully saturated rings. The number of amides is 1. The van der Waals surface area contributed by atoms with Crippen molar-refractivity contribution in [2.75, 3.05) is 0 Å². The Labute approximate surface area is 118 Å². The number of aliphatic imine (C=N–C) groups is 1. The molecule has 0 aliphatic carbocycles. The van der Waals surface area contributed by atoms with E-state index < -0.39 is 12.1 Å². The van der Waals surface area contributed by atoms with Crippen LogP contribution in [0, 0.1) is 0 Å². The van der Waals surface area contributed by atoms with Crippen LogP contribution in [-0.2, 0) is 17.9 Å². The summed E-state index contributed by atoms with van der Waals surface area (Å²) in [5.74, 6) is 0.160. The van der Waals surface area contributed by atoms with Gasteiger partial charge < -0.3 is 21.9 Å². The molecule has 1 rings (SSSR count). The van der Waals surface area contributed by atoms with Crippen LogP contribution >= 0.6 is 0 Å². The molecular weight excluding hydrogens is 256 g/mol. The van der Waals surface area contributed by atoms with E-state index in [-0.39, 0.29) is 5.91 Å². The molecular formula is C14H22N4O2. The van der Waals surface area contributed by atoms with E-state index in [2.05, 4.69) is 10.3 Å². The molecule has 110 valence electrons. The quantitative estimate of drug-likeness (QED) is 0.429. The fraction of sp³-hybridized carbons (Fsp3) is 0.429. The summed E-state index contributed by atoms with van der Waals surface area (Å²) in [5.41, 5.74) is 13.0. The maximum absolute atomic E-state index is 11.6. The summed E-state index contributed by atoms with van der Waals surface area (Å²) in [6, 6.07) is 6.77. The van der Waals surface area contributed by atoms with E-state index in [1.54, 1.807) is 6.92 Å². The van der Waals surface area contributed by atoms with Gasteiger partial charge in [0, 0.05) is 6.54 Å². The molecule has 0 heterocycles. The Bertz CT molecular complexity index is 482. The Morgan fingerprint density at radius 2 is 2.10 bits per heavy atom. The Balaban J connectivity index is 2.58. The third-order valence-corrected chi connectivity index (χ3v) is 2.79. The van der Waals surface area contributed by atoms with E-state index in [0.29, 0.717) is 18.9 Å². The maximum Gasteiger partial charge on any atom is 0.239 e. The molecule has 0 bridgehead atoms. The van der Waals surface area contributed by atoms with Crippen LogP contribution in [0.4, 0.5) is 0 Å². The van der Waals surface area contributed by atoms with Crippen molar-refractivity contribution >= 4 is 11.7 Å². The van der Waals surface area contributed by atoms with Gasteiger partial charge >= 0.3 is 0 Å². The fourth-order valence-corrected chi connectivity index (χ4v) is 1.58. The summed E-state index contributed by atoms with van der Waals surface area (Å²) in [5, 5.41) is 11.9. The van der Waals surface area contributed by atoms with Crippen molar-refractivity contribution in [3.63, 3.8) is 0 Å². The summed E-state index contributed by atoms with van der Waals surface area (Å²) in [4.78, 5) is 15.8. The van der Waals surface area contributed by atoms with Gasteiger partial charge in [-0.15, -0.1) is 0 Å². The Morgan fingerprint density at radius 3 is 2.70 bits per heavy atom. The second-order valence-electron chi connectivity index (χ2n) is 4.76. The highest BCUT2D eigenvalue weighted by molar-refractivity contribution is 5.82. The molecule has 0 aliphatic rings. The molecule has 6 heteroatoms. The first-order valence-corrected chi connectivity index (χ1v) is 6.46. The second-order valence-corrected chi connectivity index (χ2v) is 4.76. The van der Waals surface area contributed by atoms with Crippen LogP contribution in [0.25, 0.3) is 0 Å². The van der Waals surface area contributed by atoms with Crippen LogP contribution in [0.1, 0.15) is 25.0 Å². The average Bonchev–Trinajstić information content (AvgIpc) is 2.42. The predicted molar refractivity (Wildman–Crippen MR) is 78.9 cm³/mol. The third-order valence-electron chi connectivity index (χ3n) is 2.79. The number of nitrogens with two attached hydrogens (primary N) is 2. The number of aliphatic hydroxyl groups excluding tert-OH is 1. The van der Waals surface area contributed by atoms with Crippen molar-refractivity contribution in [2.45, 2.75) is 39.1 Å². The largest absolute Gasteiger partial charge is 0.391 e. The molecule has 0 aliphatic heterocycles. The van der Waals surface area contributed by atoms with Gasteiger partial charge in [0.05, 0.1) is 18.5 Å². The van der Waals surface area contributed by atoms with Crippen molar-refractivity contribution in [3.8, 4) is 0 Å². The van der Waals surface area contributed by atoms with Crippen molar-refractivity contribution in [2.24, 2.45) is 16.5 Å². The molecule has 0 aromatic heterocycles. The van der Waals surface area contributed by atoms with Crippen LogP contribution in [0.2, 0.25) is 0 Å². The van der Waals surface area contributed by atoms with Crippen molar-refractivity contribution in [3.05, 3.63) is 35.4 Å². The van der Waals surface area contributed by atoms with Gasteiger partial charge in [-0.05, 0) is 25.0 Å². The van der Waals surface area contributed by atoms with E-state index in [4.69, 9.17) is 11.5 Å². The van der Waals surface area contributed by atoms with Crippen LogP contribution in [0.15, 0.2) is 29.3 Å². The summed E-state index contributed by atoms with van der Waals surface area (Å²) in [6.45, 7) is 4.09. The molecule has 0 spiro atoms. The van der Waals surface area contributed by atoms with Gasteiger partial charge in [-0.2, -0.15) is 0 Å². The molecule has 6 nitrogen and oxygen atoms in total. The normalized spacial score (nSPS) is 14.7. The number of nitrogens with one attached hydrogen (secondary N) is 1. The van der Waals surface area contributed by atoms with Crippen LogP contribution in [0.3, 0.4) is 0 Å². The minimum absolute atomic E-state index is 0.360. The summed E-state index contributed by atoms with van der Waals surface area (Å²) < 4.78 is 0. The molecule has 6 N–H and O–H groups in total. The molecule has 0 saturated heterocycles. The highest BCUT2D eigenvalue weighted by Gasteiger charge is 2.17. The van der Waals surface area contributed by atoms with Crippen LogP contribution in [0.5, 0.6) is 0 Å². The van der Waals surface area contributed by atoms with E-state index in [9.17, 15) is 9.90 Å². The first kappa shape index (κ1) is 16.1. The summed E-state index contributed by atoms with van der Waals surface area (Å²) in [6.07, 6.45) is -0.872. The summed E-state index contributed by atoms with van der Waals surface area (Å²) in [7, 11) is 0. The van der Waals surface area contributed by atoms with Crippen molar-refractivity contribution in [1.29, 1.82) is 0 Å². The average molecular weight is 278 g/mol. The smallest absolute Gasteiger partial charge is 0.239 e. The first-order valence-electron chi connectivity index (χ1n) is 6.46. The monoisotopic (exact) mass is 278 g/mol. The lowest BCUT2D eigenvalue weighted by molar-refractivity contribution is -0.124. The molecule has 1 aromatic rings. The molecule has 1 aromatic carbocycles. The van der Waals surface area contributed by atoms with E-state index in [0.717, 1.165) is 11.1 Å². The van der Waals surface area contributed by atoms with Gasteiger partial charge in [-0.3, -0.25) is 9.79 Å². The van der Waals surface area contributed by atoms with E-state index in [1.165, 1.54) is 6.92 Å². The molecule has 0 unspecified atom stereocenters. The maximum atomic E-state index is 11.6. The zero-order chi connectivity index (χ0) is 15.1. The van der Waals surface area contributed by atoms with Gasteiger partial charge in [-0.25, -0.2) is 0 Å². The highest BCUT2D eigenvalue weighted by atomic mass is 16.3. The molecule has 20 heavy (non-hydrogen) atoms. The lowest BCUT2D eigenvalue weighted by atomic mass is 10.1. The SMILES string of the molecule is CC(N)=NCc1cccc(CNC(=O)[C@@H](N)[C@@H](C)O)c1. The van der Waals surface area contributed by atoms with E-state index in [1.807, 2.05) is 24.3 Å². The number of nitrogens with zero attached hydrogens (tertiary/aromatic N) is 1. The number of aliphatic hydroxyl groups is 1. The summed E-state index contributed by atoms with van der Waals surface area (Å²) >= 11 is 0. The fourth-order valence-electron chi connectivity index (χ4n) is 1.58. The molecule has 1 amide bonds. The minimum atomic E-state index is -0.914. The van der Waals surface area contributed by atoms with Gasteiger partial charge in [-0.1, -0.05) is 24.3 Å². The van der Waals surface area contributed by atoms with Gasteiger partial charge in [0.2, 0.25) is 5.91 Å². The Kier molecular flexibility index (Phi) is 6.14. The minimum Gasteiger partial charge on any atom is -0.391 e. The standard InChI is InChI=1S/C14H22N4O2/c1-9(19)13(16)14(20)18-8-12-5-3-4-11(6-12)7-17-10(2)15/h3-6,9,13,19H,7-8,16H2,1-2H3,(H2,15,17)(H,18,20)/t9-,13+/m1/s1. The first-order chi connectivity index (χ1) is 9.40. The number of carbonyl (C=O) groups excluding carboxylic acids is 1. The number of hydrogen-bond donors (Lipinski definition) is 4. The molecule has 2 atom stereocenters. The number of rotatable bonds is 6. The number of carbonyl (C=O) groups is 1. The zero-order valence-electron chi connectivity index (χ0n) is 11.8. The zero-order valence-corrected chi connectivity index (χ0v) is 11.8. The lowest BCUT2D eigenvalue weighted by Crippen LogP contribution is -2.46. The predicted octanol–water partition coefficient (Wildman–Crippen LogP) is -0.112. The van der Waals surface area contributed by atoms with Gasteiger partial charge in [0.15, 0.2) is 0 Å². The number of hydrogen-bond acceptors (Lipinski definition) is 4. The van der Waals surface area contributed by atoms with Gasteiger partial charge in [0.1, 0.15) is 6.04 Å². The van der Waals surface area contributed by atoms with Crippen molar-refractivity contribution < 1.29 is 9.90 Å². The Hall–Kier alpha value is -1.92. The topological polar surface area (TPSA) is 114 Å². The number of benzene rings is 1. The second kappa shape index (κ2) is 7.62. The lowest BCUT2D eigenvalue weighted by Gasteiger charge is -2.14. The number of amidine groups is 1. The molecule has 0 radical (unpaired) electrons. The molecule has 0 saturated carbocycles. The Morgan fingerprint density at radius 1 is 1.45 bits per heavy atom. The van der Waals surface area contributed by atoms with Crippen LogP contribution in [-0.4, -0.2) is 29.0 Å². The van der Waals surface area contributed by atoms with Gasteiger partial charge in [0.25, 0.3) is 0 Å².